The highest BCUT2D eigenvalue weighted by Gasteiger charge is 2.42. The predicted molar refractivity (Wildman–Crippen MR) is 125 cm³/mol. The van der Waals surface area contributed by atoms with Crippen molar-refractivity contribution in [1.82, 2.24) is 9.80 Å². The number of carbonyl (C=O) groups is 1. The molecule has 1 amide bonds. The second-order valence-electron chi connectivity index (χ2n) is 8.23. The largest absolute Gasteiger partial charge is 0.497 e. The highest BCUT2D eigenvalue weighted by molar-refractivity contribution is 5.99. The summed E-state index contributed by atoms with van der Waals surface area (Å²) in [7, 11) is 1.62. The van der Waals surface area contributed by atoms with E-state index in [0.717, 1.165) is 42.9 Å². The van der Waals surface area contributed by atoms with E-state index in [4.69, 9.17) is 9.15 Å². The maximum absolute atomic E-state index is 13.6. The molecule has 0 radical (unpaired) electrons. The van der Waals surface area contributed by atoms with Gasteiger partial charge in [0, 0.05) is 6.54 Å². The molecule has 0 N–H and O–H groups in total. The van der Waals surface area contributed by atoms with E-state index in [0.29, 0.717) is 23.1 Å². The van der Waals surface area contributed by atoms with Crippen LogP contribution in [0.2, 0.25) is 0 Å². The normalized spacial score (nSPS) is 15.6. The standard InChI is InChI=1S/C26H30N2O4/c1-5-27(6-2)14-7-15-28-23(18-9-11-19(31-4)12-10-18)22-24(29)20-16-17(3)8-13-21(20)32-25(22)26(28)30/h8-13,16,23H,5-7,14-15H2,1-4H3/t23-/m1/s1. The molecule has 168 valence electrons. The summed E-state index contributed by atoms with van der Waals surface area (Å²) < 4.78 is 11.3. The number of nitrogens with zero attached hydrogens (tertiary/aromatic N) is 2. The number of carbonyl (C=O) groups excluding carboxylic acids is 1. The summed E-state index contributed by atoms with van der Waals surface area (Å²) in [5, 5.41) is 0.514. The molecule has 0 spiro atoms. The number of ether oxygens (including phenoxy) is 1. The minimum atomic E-state index is -0.471. The lowest BCUT2D eigenvalue weighted by Gasteiger charge is -2.26. The molecule has 0 saturated carbocycles. The Bertz CT molecular complexity index is 1180. The Labute approximate surface area is 188 Å². The molecule has 0 aliphatic carbocycles. The monoisotopic (exact) mass is 434 g/mol. The number of aryl methyl sites for hydroxylation is 1. The van der Waals surface area contributed by atoms with E-state index in [1.54, 1.807) is 18.1 Å². The van der Waals surface area contributed by atoms with Crippen molar-refractivity contribution in [3.8, 4) is 5.75 Å². The number of hydrogen-bond acceptors (Lipinski definition) is 5. The average molecular weight is 435 g/mol. The molecule has 1 atom stereocenters. The molecule has 0 unspecified atom stereocenters. The van der Waals surface area contributed by atoms with Crippen molar-refractivity contribution in [2.75, 3.05) is 33.3 Å². The number of amides is 1. The minimum absolute atomic E-state index is 0.134. The number of hydrogen-bond donors (Lipinski definition) is 0. The van der Waals surface area contributed by atoms with E-state index in [1.807, 2.05) is 43.3 Å². The van der Waals surface area contributed by atoms with Crippen LogP contribution in [0.15, 0.2) is 51.7 Å². The van der Waals surface area contributed by atoms with E-state index in [9.17, 15) is 9.59 Å². The minimum Gasteiger partial charge on any atom is -0.497 e. The molecule has 2 aromatic carbocycles. The quantitative estimate of drug-likeness (QED) is 0.526. The molecule has 4 rings (SSSR count). The van der Waals surface area contributed by atoms with Gasteiger partial charge >= 0.3 is 0 Å². The number of methoxy groups -OCH3 is 1. The number of benzene rings is 2. The fourth-order valence-electron chi connectivity index (χ4n) is 4.50. The van der Waals surface area contributed by atoms with Crippen LogP contribution in [0.3, 0.4) is 0 Å². The molecule has 2 heterocycles. The lowest BCUT2D eigenvalue weighted by Crippen LogP contribution is -2.33. The third-order valence-electron chi connectivity index (χ3n) is 6.32. The van der Waals surface area contributed by atoms with E-state index < -0.39 is 6.04 Å². The summed E-state index contributed by atoms with van der Waals surface area (Å²) in [6, 6.07) is 12.6. The zero-order valence-corrected chi connectivity index (χ0v) is 19.2. The lowest BCUT2D eigenvalue weighted by molar-refractivity contribution is 0.0720. The van der Waals surface area contributed by atoms with Gasteiger partial charge in [-0.1, -0.05) is 37.6 Å². The van der Waals surface area contributed by atoms with Crippen molar-refractivity contribution in [1.29, 1.82) is 0 Å². The van der Waals surface area contributed by atoms with Crippen LogP contribution in [-0.2, 0) is 0 Å². The van der Waals surface area contributed by atoms with Crippen LogP contribution in [0.25, 0.3) is 11.0 Å². The van der Waals surface area contributed by atoms with Gasteiger partial charge < -0.3 is 19.0 Å². The van der Waals surface area contributed by atoms with Gasteiger partial charge in [0.15, 0.2) is 5.43 Å². The third-order valence-corrected chi connectivity index (χ3v) is 6.32. The molecule has 0 fully saturated rings. The van der Waals surface area contributed by atoms with Gasteiger partial charge in [0.25, 0.3) is 5.91 Å². The number of fused-ring (bicyclic) bond motifs is 2. The van der Waals surface area contributed by atoms with E-state index in [-0.39, 0.29) is 17.1 Å². The Hall–Kier alpha value is -3.12. The van der Waals surface area contributed by atoms with Gasteiger partial charge in [-0.05, 0) is 62.8 Å². The zero-order valence-electron chi connectivity index (χ0n) is 19.2. The fraction of sp³-hybridized carbons (Fsp3) is 0.385. The van der Waals surface area contributed by atoms with Gasteiger partial charge in [0.1, 0.15) is 11.3 Å². The van der Waals surface area contributed by atoms with Gasteiger partial charge in [-0.15, -0.1) is 0 Å². The topological polar surface area (TPSA) is 63.0 Å². The van der Waals surface area contributed by atoms with Gasteiger partial charge in [0.05, 0.1) is 24.1 Å². The van der Waals surface area contributed by atoms with Gasteiger partial charge in [0.2, 0.25) is 5.76 Å². The predicted octanol–water partition coefficient (Wildman–Crippen LogP) is 4.39. The molecular weight excluding hydrogens is 404 g/mol. The first kappa shape index (κ1) is 22.1. The van der Waals surface area contributed by atoms with Crippen LogP contribution < -0.4 is 10.2 Å². The van der Waals surface area contributed by atoms with Gasteiger partial charge in [-0.25, -0.2) is 0 Å². The van der Waals surface area contributed by atoms with Crippen LogP contribution in [0.5, 0.6) is 5.75 Å². The van der Waals surface area contributed by atoms with E-state index in [1.165, 1.54) is 0 Å². The smallest absolute Gasteiger partial charge is 0.290 e. The van der Waals surface area contributed by atoms with Crippen molar-refractivity contribution < 1.29 is 13.9 Å². The summed E-state index contributed by atoms with van der Waals surface area (Å²) in [5.74, 6) is 0.669. The molecule has 0 saturated heterocycles. The molecule has 1 aliphatic heterocycles. The highest BCUT2D eigenvalue weighted by Crippen LogP contribution is 2.38. The lowest BCUT2D eigenvalue weighted by atomic mass is 9.98. The summed E-state index contributed by atoms with van der Waals surface area (Å²) in [4.78, 5) is 31.1. The Balaban J connectivity index is 1.79. The second kappa shape index (κ2) is 9.17. The van der Waals surface area contributed by atoms with Crippen molar-refractivity contribution in [3.05, 3.63) is 75.1 Å². The molecular formula is C26H30N2O4. The van der Waals surface area contributed by atoms with Crippen LogP contribution in [-0.4, -0.2) is 49.0 Å². The van der Waals surface area contributed by atoms with Crippen LogP contribution >= 0.6 is 0 Å². The maximum Gasteiger partial charge on any atom is 0.290 e. The molecule has 3 aromatic rings. The highest BCUT2D eigenvalue weighted by atomic mass is 16.5. The van der Waals surface area contributed by atoms with Crippen LogP contribution in [0.4, 0.5) is 0 Å². The zero-order chi connectivity index (χ0) is 22.8. The van der Waals surface area contributed by atoms with E-state index >= 15 is 0 Å². The fourth-order valence-corrected chi connectivity index (χ4v) is 4.50. The maximum atomic E-state index is 13.6. The summed E-state index contributed by atoms with van der Waals surface area (Å²) in [6.07, 6.45) is 0.820. The third kappa shape index (κ3) is 3.91. The summed E-state index contributed by atoms with van der Waals surface area (Å²) in [5.41, 5.74) is 2.60. The Morgan fingerprint density at radius 1 is 1.06 bits per heavy atom. The second-order valence-corrected chi connectivity index (χ2v) is 8.23. The number of rotatable bonds is 8. The van der Waals surface area contributed by atoms with Gasteiger partial charge in [-0.3, -0.25) is 9.59 Å². The molecule has 0 bridgehead atoms. The van der Waals surface area contributed by atoms with Crippen molar-refractivity contribution >= 4 is 16.9 Å². The van der Waals surface area contributed by atoms with Crippen LogP contribution in [0, 0.1) is 6.92 Å². The molecule has 6 nitrogen and oxygen atoms in total. The first-order valence-corrected chi connectivity index (χ1v) is 11.2. The summed E-state index contributed by atoms with van der Waals surface area (Å²) in [6.45, 7) is 9.59. The molecule has 32 heavy (non-hydrogen) atoms. The van der Waals surface area contributed by atoms with Crippen molar-refractivity contribution in [3.63, 3.8) is 0 Å². The van der Waals surface area contributed by atoms with E-state index in [2.05, 4.69) is 18.7 Å². The first-order chi connectivity index (χ1) is 15.5. The van der Waals surface area contributed by atoms with Gasteiger partial charge in [-0.2, -0.15) is 0 Å². The summed E-state index contributed by atoms with van der Waals surface area (Å²) >= 11 is 0. The Morgan fingerprint density at radius 3 is 2.44 bits per heavy atom. The molecule has 1 aromatic heterocycles. The first-order valence-electron chi connectivity index (χ1n) is 11.2. The van der Waals surface area contributed by atoms with Crippen molar-refractivity contribution in [2.24, 2.45) is 0 Å². The van der Waals surface area contributed by atoms with Crippen LogP contribution in [0.1, 0.15) is 53.6 Å². The molecule has 1 aliphatic rings. The molecule has 6 heteroatoms. The Kier molecular flexibility index (Phi) is 6.33. The van der Waals surface area contributed by atoms with Crippen molar-refractivity contribution in [2.45, 2.75) is 33.2 Å². The Morgan fingerprint density at radius 2 is 1.78 bits per heavy atom. The SMILES string of the molecule is CCN(CC)CCCN1C(=O)c2oc3ccc(C)cc3c(=O)c2[C@H]1c1ccc(OC)cc1. The average Bonchev–Trinajstić information content (AvgIpc) is 3.09.